The van der Waals surface area contributed by atoms with E-state index in [0.29, 0.717) is 18.5 Å². The number of furan rings is 1. The van der Waals surface area contributed by atoms with Crippen molar-refractivity contribution < 1.29 is 14.0 Å². The lowest BCUT2D eigenvalue weighted by Gasteiger charge is -2.16. The van der Waals surface area contributed by atoms with Crippen molar-refractivity contribution in [2.45, 2.75) is 44.9 Å². The number of hydrogen-bond donors (Lipinski definition) is 1. The van der Waals surface area contributed by atoms with Crippen molar-refractivity contribution in [3.63, 3.8) is 0 Å². The predicted molar refractivity (Wildman–Crippen MR) is 100 cm³/mol. The van der Waals surface area contributed by atoms with E-state index >= 15 is 0 Å². The van der Waals surface area contributed by atoms with Gasteiger partial charge in [-0.25, -0.2) is 0 Å². The van der Waals surface area contributed by atoms with Crippen LogP contribution in [0.15, 0.2) is 41.2 Å². The van der Waals surface area contributed by atoms with Gasteiger partial charge < -0.3 is 14.6 Å². The van der Waals surface area contributed by atoms with Crippen molar-refractivity contribution in [3.05, 3.63) is 47.9 Å². The van der Waals surface area contributed by atoms with Gasteiger partial charge in [-0.2, -0.15) is 0 Å². The molecule has 2 aromatic rings. The first kappa shape index (κ1) is 16.9. The van der Waals surface area contributed by atoms with E-state index in [1.807, 2.05) is 18.2 Å². The maximum absolute atomic E-state index is 12.5. The number of fused-ring (bicyclic) bond motifs is 1. The van der Waals surface area contributed by atoms with E-state index in [0.717, 1.165) is 35.7 Å². The van der Waals surface area contributed by atoms with Crippen LogP contribution in [0.1, 0.15) is 54.4 Å². The minimum absolute atomic E-state index is 0.0501. The lowest BCUT2D eigenvalue weighted by Crippen LogP contribution is -2.28. The third-order valence-electron chi connectivity index (χ3n) is 5.53. The van der Waals surface area contributed by atoms with Gasteiger partial charge in [-0.1, -0.05) is 25.7 Å². The molecule has 5 heteroatoms. The Morgan fingerprint density at radius 2 is 2.04 bits per heavy atom. The number of benzene rings is 1. The van der Waals surface area contributed by atoms with E-state index in [2.05, 4.69) is 5.32 Å². The second-order valence-corrected chi connectivity index (χ2v) is 7.30. The van der Waals surface area contributed by atoms with Crippen LogP contribution in [0.2, 0.25) is 0 Å². The van der Waals surface area contributed by atoms with Crippen molar-refractivity contribution >= 4 is 23.2 Å². The third-order valence-corrected chi connectivity index (χ3v) is 5.53. The molecule has 4 rings (SSSR count). The summed E-state index contributed by atoms with van der Waals surface area (Å²) in [5.41, 5.74) is 3.38. The van der Waals surface area contributed by atoms with Crippen LogP contribution < -0.4 is 10.2 Å². The molecule has 0 bridgehead atoms. The van der Waals surface area contributed by atoms with Gasteiger partial charge in [-0.3, -0.25) is 9.59 Å². The third kappa shape index (κ3) is 3.52. The predicted octanol–water partition coefficient (Wildman–Crippen LogP) is 4.39. The molecule has 5 nitrogen and oxygen atoms in total. The molecule has 1 aromatic heterocycles. The highest BCUT2D eigenvalue weighted by molar-refractivity contribution is 6.07. The van der Waals surface area contributed by atoms with Crippen molar-refractivity contribution in [3.8, 4) is 0 Å². The molecule has 1 aromatic carbocycles. The summed E-state index contributed by atoms with van der Waals surface area (Å²) in [7, 11) is 0. The number of anilines is 2. The van der Waals surface area contributed by atoms with Crippen LogP contribution in [-0.2, 0) is 11.2 Å². The lowest BCUT2D eigenvalue weighted by atomic mass is 10.0. The molecular weight excluding hydrogens is 328 g/mol. The van der Waals surface area contributed by atoms with Gasteiger partial charge in [0.25, 0.3) is 5.91 Å². The molecule has 1 saturated carbocycles. The van der Waals surface area contributed by atoms with Gasteiger partial charge in [0, 0.05) is 24.3 Å². The molecule has 136 valence electrons. The zero-order valence-electron chi connectivity index (χ0n) is 14.9. The largest absolute Gasteiger partial charge is 0.472 e. The van der Waals surface area contributed by atoms with Gasteiger partial charge in [0.15, 0.2) is 0 Å². The molecular formula is C21H24N2O3. The summed E-state index contributed by atoms with van der Waals surface area (Å²) >= 11 is 0. The SMILES string of the molecule is O=C(CCC1CCCC1)Nc1ccc2c(c1)CCN2C(=O)c1ccoc1. The zero-order chi connectivity index (χ0) is 17.9. The first-order valence-electron chi connectivity index (χ1n) is 9.47. The highest BCUT2D eigenvalue weighted by atomic mass is 16.3. The summed E-state index contributed by atoms with van der Waals surface area (Å²) in [6.07, 6.45) is 10.5. The summed E-state index contributed by atoms with van der Waals surface area (Å²) in [6, 6.07) is 7.48. The Balaban J connectivity index is 1.38. The minimum Gasteiger partial charge on any atom is -0.472 e. The fraction of sp³-hybridized carbons (Fsp3) is 0.429. The molecule has 1 aliphatic carbocycles. The van der Waals surface area contributed by atoms with Crippen LogP contribution in [0.4, 0.5) is 11.4 Å². The zero-order valence-corrected chi connectivity index (χ0v) is 14.9. The van der Waals surface area contributed by atoms with Crippen LogP contribution in [0.5, 0.6) is 0 Å². The normalized spacial score (nSPS) is 16.7. The van der Waals surface area contributed by atoms with Crippen molar-refractivity contribution in [2.24, 2.45) is 5.92 Å². The molecule has 1 aliphatic heterocycles. The lowest BCUT2D eigenvalue weighted by molar-refractivity contribution is -0.116. The van der Waals surface area contributed by atoms with E-state index in [4.69, 9.17) is 4.42 Å². The molecule has 2 amide bonds. The first-order valence-corrected chi connectivity index (χ1v) is 9.47. The van der Waals surface area contributed by atoms with E-state index in [9.17, 15) is 9.59 Å². The second-order valence-electron chi connectivity index (χ2n) is 7.30. The van der Waals surface area contributed by atoms with Crippen molar-refractivity contribution in [1.82, 2.24) is 0 Å². The van der Waals surface area contributed by atoms with Gasteiger partial charge in [-0.15, -0.1) is 0 Å². The minimum atomic E-state index is -0.0501. The molecule has 0 unspecified atom stereocenters. The van der Waals surface area contributed by atoms with E-state index < -0.39 is 0 Å². The van der Waals surface area contributed by atoms with Crippen molar-refractivity contribution in [1.29, 1.82) is 0 Å². The molecule has 1 fully saturated rings. The Labute approximate surface area is 153 Å². The Morgan fingerprint density at radius 1 is 1.19 bits per heavy atom. The van der Waals surface area contributed by atoms with E-state index in [1.165, 1.54) is 38.2 Å². The van der Waals surface area contributed by atoms with Crippen LogP contribution in [-0.4, -0.2) is 18.4 Å². The summed E-state index contributed by atoms with van der Waals surface area (Å²) in [6.45, 7) is 0.651. The average molecular weight is 352 g/mol. The van der Waals surface area contributed by atoms with Gasteiger partial charge in [0.2, 0.25) is 5.91 Å². The van der Waals surface area contributed by atoms with Crippen LogP contribution in [0.3, 0.4) is 0 Å². The highest BCUT2D eigenvalue weighted by Gasteiger charge is 2.26. The van der Waals surface area contributed by atoms with Gasteiger partial charge in [-0.05, 0) is 48.6 Å². The Kier molecular flexibility index (Phi) is 4.78. The van der Waals surface area contributed by atoms with Gasteiger partial charge >= 0.3 is 0 Å². The number of hydrogen-bond acceptors (Lipinski definition) is 3. The number of carbonyl (C=O) groups is 2. The molecule has 0 atom stereocenters. The molecule has 0 saturated heterocycles. The topological polar surface area (TPSA) is 62.6 Å². The quantitative estimate of drug-likeness (QED) is 0.868. The van der Waals surface area contributed by atoms with E-state index in [-0.39, 0.29) is 11.8 Å². The molecule has 0 spiro atoms. The number of nitrogens with one attached hydrogen (secondary N) is 1. The Bertz CT molecular complexity index is 792. The smallest absolute Gasteiger partial charge is 0.261 e. The maximum atomic E-state index is 12.5. The van der Waals surface area contributed by atoms with Gasteiger partial charge in [0.1, 0.15) is 6.26 Å². The molecule has 1 N–H and O–H groups in total. The summed E-state index contributed by atoms with van der Waals surface area (Å²) < 4.78 is 5.01. The van der Waals surface area contributed by atoms with Gasteiger partial charge in [0.05, 0.1) is 11.8 Å². The molecule has 2 heterocycles. The number of nitrogens with zero attached hydrogens (tertiary/aromatic N) is 1. The molecule has 26 heavy (non-hydrogen) atoms. The Morgan fingerprint density at radius 3 is 2.81 bits per heavy atom. The first-order chi connectivity index (χ1) is 12.7. The molecule has 0 radical (unpaired) electrons. The van der Waals surface area contributed by atoms with Crippen LogP contribution in [0.25, 0.3) is 0 Å². The van der Waals surface area contributed by atoms with Crippen LogP contribution in [0, 0.1) is 5.92 Å². The molecule has 2 aliphatic rings. The Hall–Kier alpha value is -2.56. The summed E-state index contributed by atoms with van der Waals surface area (Å²) in [4.78, 5) is 26.5. The van der Waals surface area contributed by atoms with E-state index in [1.54, 1.807) is 11.0 Å². The highest BCUT2D eigenvalue weighted by Crippen LogP contribution is 2.32. The summed E-state index contributed by atoms with van der Waals surface area (Å²) in [5, 5.41) is 3.01. The monoisotopic (exact) mass is 352 g/mol. The summed E-state index contributed by atoms with van der Waals surface area (Å²) in [5.74, 6) is 0.760. The fourth-order valence-corrected chi connectivity index (χ4v) is 4.09. The fourth-order valence-electron chi connectivity index (χ4n) is 4.09. The van der Waals surface area contributed by atoms with Crippen molar-refractivity contribution in [2.75, 3.05) is 16.8 Å². The number of rotatable bonds is 5. The average Bonchev–Trinajstić information content (AvgIpc) is 3.40. The standard InChI is InChI=1S/C21H24N2O3/c24-20(8-5-15-3-1-2-4-15)22-18-6-7-19-16(13-18)9-11-23(19)21(25)17-10-12-26-14-17/h6-7,10,12-15H,1-5,8-9,11H2,(H,22,24). The number of amides is 2. The second kappa shape index (κ2) is 7.36. The number of carbonyl (C=O) groups excluding carboxylic acids is 2. The maximum Gasteiger partial charge on any atom is 0.261 e. The van der Waals surface area contributed by atoms with Crippen LogP contribution >= 0.6 is 0 Å².